The quantitative estimate of drug-likeness (QED) is 0.667. The van der Waals surface area contributed by atoms with E-state index in [0.29, 0.717) is 20.6 Å². The van der Waals surface area contributed by atoms with Gasteiger partial charge in [-0.3, -0.25) is 0 Å². The van der Waals surface area contributed by atoms with Gasteiger partial charge in [-0.05, 0) is 19.1 Å². The van der Waals surface area contributed by atoms with Gasteiger partial charge in [-0.25, -0.2) is 4.98 Å². The van der Waals surface area contributed by atoms with Crippen LogP contribution in [-0.4, -0.2) is 4.98 Å². The summed E-state index contributed by atoms with van der Waals surface area (Å²) in [6, 6.07) is 5.42. The first-order valence-electron chi connectivity index (χ1n) is 4.00. The Labute approximate surface area is 96.6 Å². The van der Waals surface area contributed by atoms with Crippen molar-refractivity contribution in [2.24, 2.45) is 0 Å². The molecule has 0 bridgehead atoms. The van der Waals surface area contributed by atoms with E-state index < -0.39 is 0 Å². The van der Waals surface area contributed by atoms with Crippen molar-refractivity contribution in [3.8, 4) is 0 Å². The van der Waals surface area contributed by atoms with Crippen LogP contribution >= 0.6 is 34.8 Å². The number of fused-ring (bicyclic) bond motifs is 1. The number of halogens is 3. The van der Waals surface area contributed by atoms with E-state index in [0.717, 1.165) is 11.1 Å². The maximum Gasteiger partial charge on any atom is 0.0907 e. The maximum atomic E-state index is 6.01. The van der Waals surface area contributed by atoms with Crippen LogP contribution in [0.4, 0.5) is 0 Å². The van der Waals surface area contributed by atoms with E-state index in [1.807, 2.05) is 19.1 Å². The van der Waals surface area contributed by atoms with E-state index in [-0.39, 0.29) is 0 Å². The van der Waals surface area contributed by atoms with Gasteiger partial charge in [-0.15, -0.1) is 0 Å². The van der Waals surface area contributed by atoms with Crippen molar-refractivity contribution in [1.82, 2.24) is 4.98 Å². The highest BCUT2D eigenvalue weighted by Gasteiger charge is 2.07. The molecular formula is C10H6Cl3N. The van der Waals surface area contributed by atoms with Gasteiger partial charge in [0, 0.05) is 5.39 Å². The van der Waals surface area contributed by atoms with E-state index in [4.69, 9.17) is 34.8 Å². The zero-order valence-electron chi connectivity index (χ0n) is 7.31. The Morgan fingerprint density at radius 3 is 2.50 bits per heavy atom. The number of rotatable bonds is 0. The fourth-order valence-electron chi connectivity index (χ4n) is 1.25. The molecule has 2 aromatic rings. The van der Waals surface area contributed by atoms with Crippen molar-refractivity contribution in [1.29, 1.82) is 0 Å². The zero-order valence-corrected chi connectivity index (χ0v) is 9.58. The van der Waals surface area contributed by atoms with Crippen LogP contribution < -0.4 is 0 Å². The number of benzene rings is 1. The Bertz CT molecular complexity index is 508. The first kappa shape index (κ1) is 10.0. The second-order valence-corrected chi connectivity index (χ2v) is 4.18. The van der Waals surface area contributed by atoms with Crippen molar-refractivity contribution in [3.63, 3.8) is 0 Å². The lowest BCUT2D eigenvalue weighted by atomic mass is 10.2. The molecule has 0 spiro atoms. The van der Waals surface area contributed by atoms with E-state index in [1.54, 1.807) is 6.07 Å². The van der Waals surface area contributed by atoms with Crippen LogP contribution in [0.15, 0.2) is 18.2 Å². The summed E-state index contributed by atoms with van der Waals surface area (Å²) in [6.07, 6.45) is 0. The standard InChI is InChI=1S/C10H6Cl3N/c1-5-8(12)4-6-2-3-7(11)9(13)10(6)14-5/h2-4H,1H3. The normalized spacial score (nSPS) is 10.9. The lowest BCUT2D eigenvalue weighted by Gasteiger charge is -2.04. The van der Waals surface area contributed by atoms with Crippen LogP contribution in [-0.2, 0) is 0 Å². The number of aryl methyl sites for hydroxylation is 1. The first-order chi connectivity index (χ1) is 6.59. The molecule has 0 N–H and O–H groups in total. The Kier molecular flexibility index (Phi) is 2.56. The lowest BCUT2D eigenvalue weighted by Crippen LogP contribution is -1.86. The average molecular weight is 247 g/mol. The molecule has 1 heterocycles. The van der Waals surface area contributed by atoms with Crippen molar-refractivity contribution < 1.29 is 0 Å². The summed E-state index contributed by atoms with van der Waals surface area (Å²) in [5.41, 5.74) is 1.45. The smallest absolute Gasteiger partial charge is 0.0907 e. The van der Waals surface area contributed by atoms with Crippen LogP contribution in [0.1, 0.15) is 5.69 Å². The van der Waals surface area contributed by atoms with E-state index in [2.05, 4.69) is 4.98 Å². The monoisotopic (exact) mass is 245 g/mol. The summed E-state index contributed by atoms with van der Waals surface area (Å²) in [6.45, 7) is 1.83. The topological polar surface area (TPSA) is 12.9 Å². The molecule has 0 amide bonds. The molecule has 0 aliphatic carbocycles. The second-order valence-electron chi connectivity index (χ2n) is 2.99. The Morgan fingerprint density at radius 1 is 1.07 bits per heavy atom. The molecule has 0 atom stereocenters. The van der Waals surface area contributed by atoms with Crippen molar-refractivity contribution in [2.75, 3.05) is 0 Å². The average Bonchev–Trinajstić information content (AvgIpc) is 2.15. The molecule has 0 fully saturated rings. The van der Waals surface area contributed by atoms with Gasteiger partial charge in [0.25, 0.3) is 0 Å². The number of pyridine rings is 1. The number of aromatic nitrogens is 1. The van der Waals surface area contributed by atoms with E-state index in [9.17, 15) is 0 Å². The second kappa shape index (κ2) is 3.58. The molecule has 1 nitrogen and oxygen atoms in total. The summed E-state index contributed by atoms with van der Waals surface area (Å²) < 4.78 is 0. The van der Waals surface area contributed by atoms with Gasteiger partial charge >= 0.3 is 0 Å². The van der Waals surface area contributed by atoms with Crippen LogP contribution in [0.25, 0.3) is 10.9 Å². The Balaban J connectivity index is 2.89. The van der Waals surface area contributed by atoms with Crippen molar-refractivity contribution in [2.45, 2.75) is 6.92 Å². The van der Waals surface area contributed by atoms with Gasteiger partial charge in [0.05, 0.1) is 26.3 Å². The first-order valence-corrected chi connectivity index (χ1v) is 5.14. The molecule has 0 unspecified atom stereocenters. The maximum absolute atomic E-state index is 6.01. The summed E-state index contributed by atoms with van der Waals surface area (Å²) >= 11 is 17.8. The fraction of sp³-hybridized carbons (Fsp3) is 0.100. The van der Waals surface area contributed by atoms with E-state index in [1.165, 1.54) is 0 Å². The van der Waals surface area contributed by atoms with Gasteiger partial charge in [0.2, 0.25) is 0 Å². The summed E-state index contributed by atoms with van der Waals surface area (Å²) in [5.74, 6) is 0. The fourth-order valence-corrected chi connectivity index (χ4v) is 1.77. The summed E-state index contributed by atoms with van der Waals surface area (Å²) in [5, 5.41) is 2.52. The van der Waals surface area contributed by atoms with Gasteiger partial charge < -0.3 is 0 Å². The summed E-state index contributed by atoms with van der Waals surface area (Å²) in [7, 11) is 0. The molecular weight excluding hydrogens is 240 g/mol. The molecule has 1 aromatic carbocycles. The minimum absolute atomic E-state index is 0.476. The van der Waals surface area contributed by atoms with E-state index >= 15 is 0 Å². The third-order valence-electron chi connectivity index (χ3n) is 2.01. The predicted molar refractivity (Wildman–Crippen MR) is 61.5 cm³/mol. The highest BCUT2D eigenvalue weighted by molar-refractivity contribution is 6.45. The minimum atomic E-state index is 0.476. The number of hydrogen-bond donors (Lipinski definition) is 0. The molecule has 0 saturated carbocycles. The van der Waals surface area contributed by atoms with Crippen LogP contribution in [0.2, 0.25) is 15.1 Å². The number of hydrogen-bond acceptors (Lipinski definition) is 1. The van der Waals surface area contributed by atoms with Gasteiger partial charge in [-0.1, -0.05) is 40.9 Å². The van der Waals surface area contributed by atoms with Crippen LogP contribution in [0.5, 0.6) is 0 Å². The highest BCUT2D eigenvalue weighted by atomic mass is 35.5. The van der Waals surface area contributed by atoms with Gasteiger partial charge in [0.15, 0.2) is 0 Å². The molecule has 0 radical (unpaired) electrons. The Hall–Kier alpha value is -0.500. The largest absolute Gasteiger partial charge is 0.250 e. The molecule has 1 aromatic heterocycles. The predicted octanol–water partition coefficient (Wildman–Crippen LogP) is 4.50. The Morgan fingerprint density at radius 2 is 1.79 bits per heavy atom. The molecule has 4 heteroatoms. The van der Waals surface area contributed by atoms with Gasteiger partial charge in [0.1, 0.15) is 0 Å². The SMILES string of the molecule is Cc1nc2c(Cl)c(Cl)ccc2cc1Cl. The van der Waals surface area contributed by atoms with Gasteiger partial charge in [-0.2, -0.15) is 0 Å². The third-order valence-corrected chi connectivity index (χ3v) is 3.18. The lowest BCUT2D eigenvalue weighted by molar-refractivity contribution is 1.26. The molecule has 14 heavy (non-hydrogen) atoms. The molecule has 0 saturated heterocycles. The van der Waals surface area contributed by atoms with Crippen molar-refractivity contribution >= 4 is 45.7 Å². The molecule has 72 valence electrons. The molecule has 2 rings (SSSR count). The van der Waals surface area contributed by atoms with Crippen LogP contribution in [0, 0.1) is 6.92 Å². The third kappa shape index (κ3) is 1.56. The minimum Gasteiger partial charge on any atom is -0.250 e. The number of nitrogens with zero attached hydrogens (tertiary/aromatic N) is 1. The summed E-state index contributed by atoms with van der Waals surface area (Å²) in [4.78, 5) is 4.29. The van der Waals surface area contributed by atoms with Crippen molar-refractivity contribution in [3.05, 3.63) is 39.0 Å². The van der Waals surface area contributed by atoms with Crippen LogP contribution in [0.3, 0.4) is 0 Å². The highest BCUT2D eigenvalue weighted by Crippen LogP contribution is 2.31. The molecule has 0 aliphatic heterocycles. The molecule has 0 aliphatic rings. The zero-order chi connectivity index (χ0) is 10.3.